The highest BCUT2D eigenvalue weighted by atomic mass is 32.1. The number of hydrogen-bond donors (Lipinski definition) is 1. The molecule has 33 heavy (non-hydrogen) atoms. The van der Waals surface area contributed by atoms with Crippen LogP contribution in [0.2, 0.25) is 0 Å². The number of rotatable bonds is 8. The minimum atomic E-state index is -4.63. The third-order valence-corrected chi connectivity index (χ3v) is 5.29. The summed E-state index contributed by atoms with van der Waals surface area (Å²) in [7, 11) is 3.22. The molecule has 0 spiro atoms. The highest BCUT2D eigenvalue weighted by Gasteiger charge is 2.35. The Bertz CT molecular complexity index is 948. The van der Waals surface area contributed by atoms with Gasteiger partial charge in [-0.15, -0.1) is 0 Å². The van der Waals surface area contributed by atoms with Crippen LogP contribution < -0.4 is 19.5 Å². The summed E-state index contributed by atoms with van der Waals surface area (Å²) >= 11 is 5.50. The highest BCUT2D eigenvalue weighted by molar-refractivity contribution is 7.80. The quantitative estimate of drug-likeness (QED) is 0.567. The number of thiocarbonyl (C=S) groups is 1. The Kier molecular flexibility index (Phi) is 8.50. The summed E-state index contributed by atoms with van der Waals surface area (Å²) in [6.45, 7) is 2.07. The molecule has 0 aliphatic carbocycles. The molecule has 12 heteroatoms. The van der Waals surface area contributed by atoms with Crippen LogP contribution in [0.15, 0.2) is 30.5 Å². The van der Waals surface area contributed by atoms with Crippen LogP contribution in [0.5, 0.6) is 17.4 Å². The van der Waals surface area contributed by atoms with Gasteiger partial charge in [-0.3, -0.25) is 0 Å². The van der Waals surface area contributed by atoms with E-state index in [1.165, 1.54) is 6.07 Å². The van der Waals surface area contributed by atoms with Gasteiger partial charge in [0.15, 0.2) is 5.11 Å². The number of ether oxygens (including phenoxy) is 4. The molecule has 1 aromatic heterocycles. The molecule has 1 aliphatic rings. The average molecular weight is 487 g/mol. The third kappa shape index (κ3) is 7.06. The van der Waals surface area contributed by atoms with E-state index in [4.69, 9.17) is 31.2 Å². The minimum absolute atomic E-state index is 0.0361. The number of halogens is 3. The zero-order valence-electron chi connectivity index (χ0n) is 18.2. The number of aromatic nitrogens is 2. The second-order valence-corrected chi connectivity index (χ2v) is 7.51. The van der Waals surface area contributed by atoms with E-state index in [9.17, 15) is 13.2 Å². The van der Waals surface area contributed by atoms with Crippen molar-refractivity contribution in [1.29, 1.82) is 0 Å². The van der Waals surface area contributed by atoms with Crippen LogP contribution in [-0.4, -0.2) is 73.2 Å². The van der Waals surface area contributed by atoms with Gasteiger partial charge in [0.2, 0.25) is 11.7 Å². The number of nitrogens with one attached hydrogen (secondary N) is 1. The van der Waals surface area contributed by atoms with E-state index in [0.717, 1.165) is 23.3 Å². The maximum Gasteiger partial charge on any atom is 0.451 e. The van der Waals surface area contributed by atoms with Gasteiger partial charge in [0.05, 0.1) is 20.8 Å². The molecule has 1 aromatic carbocycles. The molecule has 0 amide bonds. The fourth-order valence-electron chi connectivity index (χ4n) is 3.24. The highest BCUT2D eigenvalue weighted by Crippen LogP contribution is 2.27. The molecule has 2 aromatic rings. The van der Waals surface area contributed by atoms with E-state index in [1.54, 1.807) is 14.2 Å². The lowest BCUT2D eigenvalue weighted by molar-refractivity contribution is -0.145. The van der Waals surface area contributed by atoms with Crippen molar-refractivity contribution >= 4 is 17.3 Å². The first-order valence-electron chi connectivity index (χ1n) is 10.2. The smallest absolute Gasteiger partial charge is 0.451 e. The molecule has 2 heterocycles. The van der Waals surface area contributed by atoms with Crippen molar-refractivity contribution in [2.45, 2.75) is 18.7 Å². The van der Waals surface area contributed by atoms with Crippen molar-refractivity contribution in [3.63, 3.8) is 0 Å². The molecule has 8 nitrogen and oxygen atoms in total. The number of methoxy groups -OCH3 is 2. The van der Waals surface area contributed by atoms with Gasteiger partial charge in [-0.1, -0.05) is 0 Å². The normalized spacial score (nSPS) is 16.3. The van der Waals surface area contributed by atoms with Gasteiger partial charge in [-0.2, -0.15) is 18.2 Å². The molecule has 1 atom stereocenters. The monoisotopic (exact) mass is 486 g/mol. The molecule has 1 N–H and O–H groups in total. The lowest BCUT2D eigenvalue weighted by Crippen LogP contribution is -2.51. The summed E-state index contributed by atoms with van der Waals surface area (Å²) in [5.74, 6) is 0.108. The summed E-state index contributed by atoms with van der Waals surface area (Å²) in [6.07, 6.45) is -3.33. The predicted molar refractivity (Wildman–Crippen MR) is 118 cm³/mol. The fourth-order valence-corrected chi connectivity index (χ4v) is 3.50. The van der Waals surface area contributed by atoms with Gasteiger partial charge in [0.1, 0.15) is 24.2 Å². The second-order valence-electron chi connectivity index (χ2n) is 7.13. The molecular weight excluding hydrogens is 461 g/mol. The van der Waals surface area contributed by atoms with E-state index in [2.05, 4.69) is 15.3 Å². The van der Waals surface area contributed by atoms with Gasteiger partial charge in [-0.25, -0.2) is 4.98 Å². The third-order valence-electron chi connectivity index (χ3n) is 4.88. The van der Waals surface area contributed by atoms with Crippen LogP contribution in [0.3, 0.4) is 0 Å². The van der Waals surface area contributed by atoms with E-state index >= 15 is 0 Å². The second kappa shape index (κ2) is 11.3. The van der Waals surface area contributed by atoms with Gasteiger partial charge < -0.3 is 29.2 Å². The van der Waals surface area contributed by atoms with Crippen LogP contribution in [0.4, 0.5) is 13.2 Å². The predicted octanol–water partition coefficient (Wildman–Crippen LogP) is 2.71. The summed E-state index contributed by atoms with van der Waals surface area (Å²) in [5.41, 5.74) is 0.989. The first kappa shape index (κ1) is 24.8. The Balaban J connectivity index is 1.48. The van der Waals surface area contributed by atoms with E-state index in [1.807, 2.05) is 23.1 Å². The van der Waals surface area contributed by atoms with Crippen molar-refractivity contribution in [3.05, 3.63) is 41.9 Å². The molecule has 0 bridgehead atoms. The summed E-state index contributed by atoms with van der Waals surface area (Å²) < 4.78 is 60.0. The first-order valence-corrected chi connectivity index (χ1v) is 10.6. The lowest BCUT2D eigenvalue weighted by atomic mass is 10.1. The van der Waals surface area contributed by atoms with Gasteiger partial charge in [-0.05, 0) is 42.4 Å². The maximum absolute atomic E-state index is 12.7. The summed E-state index contributed by atoms with van der Waals surface area (Å²) in [4.78, 5) is 8.55. The molecular formula is C21H25F3N4O4S. The Morgan fingerprint density at radius 1 is 1.27 bits per heavy atom. The van der Waals surface area contributed by atoms with E-state index in [0.29, 0.717) is 37.8 Å². The maximum atomic E-state index is 12.7. The van der Waals surface area contributed by atoms with E-state index < -0.39 is 12.0 Å². The van der Waals surface area contributed by atoms with Crippen LogP contribution in [0.1, 0.15) is 11.4 Å². The van der Waals surface area contributed by atoms with Crippen LogP contribution >= 0.6 is 12.2 Å². The van der Waals surface area contributed by atoms with Gasteiger partial charge >= 0.3 is 6.18 Å². The molecule has 1 aliphatic heterocycles. The average Bonchev–Trinajstić information content (AvgIpc) is 2.82. The van der Waals surface area contributed by atoms with Crippen molar-refractivity contribution in [1.82, 2.24) is 20.2 Å². The summed E-state index contributed by atoms with van der Waals surface area (Å²) in [6, 6.07) is 6.88. The topological polar surface area (TPSA) is 78.0 Å². The van der Waals surface area contributed by atoms with Gasteiger partial charge in [0, 0.05) is 31.9 Å². The first-order chi connectivity index (χ1) is 15.8. The SMILES string of the molecule is COc1ccc(OC)c(CCNC(=S)N2CCOC(COc3ccnc(C(F)(F)F)n3)C2)c1. The number of benzene rings is 1. The number of alkyl halides is 3. The molecule has 3 rings (SSSR count). The molecule has 1 saturated heterocycles. The van der Waals surface area contributed by atoms with E-state index in [-0.39, 0.29) is 18.6 Å². The van der Waals surface area contributed by atoms with Crippen molar-refractivity contribution < 1.29 is 32.1 Å². The molecule has 1 fully saturated rings. The number of hydrogen-bond acceptors (Lipinski definition) is 7. The fraction of sp³-hybridized carbons (Fsp3) is 0.476. The standard InChI is InChI=1S/C21H25F3N4O4S/c1-29-15-3-4-17(30-2)14(11-15)5-7-26-20(33)28-9-10-31-16(12-28)13-32-18-6-8-25-19(27-18)21(22,23)24/h3-4,6,8,11,16H,5,7,9-10,12-13H2,1-2H3,(H,26,33). The largest absolute Gasteiger partial charge is 0.497 e. The van der Waals surface area contributed by atoms with Crippen molar-refractivity contribution in [2.24, 2.45) is 0 Å². The molecule has 1 unspecified atom stereocenters. The zero-order valence-corrected chi connectivity index (χ0v) is 19.0. The van der Waals surface area contributed by atoms with Crippen LogP contribution in [0, 0.1) is 0 Å². The molecule has 0 radical (unpaired) electrons. The Labute approximate surface area is 195 Å². The Morgan fingerprint density at radius 2 is 2.09 bits per heavy atom. The number of morpholine rings is 1. The summed E-state index contributed by atoms with van der Waals surface area (Å²) in [5, 5.41) is 3.79. The Morgan fingerprint density at radius 3 is 2.82 bits per heavy atom. The van der Waals surface area contributed by atoms with Gasteiger partial charge in [0.25, 0.3) is 0 Å². The minimum Gasteiger partial charge on any atom is -0.497 e. The molecule has 0 saturated carbocycles. The van der Waals surface area contributed by atoms with Crippen molar-refractivity contribution in [2.75, 3.05) is 47.1 Å². The molecule has 180 valence electrons. The van der Waals surface area contributed by atoms with Crippen LogP contribution in [0.25, 0.3) is 0 Å². The lowest BCUT2D eigenvalue weighted by Gasteiger charge is -2.34. The van der Waals surface area contributed by atoms with Crippen LogP contribution in [-0.2, 0) is 17.3 Å². The van der Waals surface area contributed by atoms with Crippen molar-refractivity contribution in [3.8, 4) is 17.4 Å². The Hall–Kier alpha value is -2.86. The number of nitrogens with zero attached hydrogens (tertiary/aromatic N) is 3. The zero-order chi connectivity index (χ0) is 23.8.